The van der Waals surface area contributed by atoms with Crippen LogP contribution in [0.15, 0.2) is 57.8 Å². The molecule has 0 bridgehead atoms. The number of esters is 1. The molecule has 0 radical (unpaired) electrons. The van der Waals surface area contributed by atoms with Crippen molar-refractivity contribution < 1.29 is 22.9 Å². The Morgan fingerprint density at radius 3 is 2.61 bits per heavy atom. The molecule has 0 amide bonds. The van der Waals surface area contributed by atoms with Crippen LogP contribution >= 0.6 is 11.3 Å². The number of carbonyl (C=O) groups is 1. The van der Waals surface area contributed by atoms with Gasteiger partial charge in [0.2, 0.25) is 4.80 Å². The molecule has 0 aliphatic heterocycles. The fourth-order valence-corrected chi connectivity index (χ4v) is 4.77. The summed E-state index contributed by atoms with van der Waals surface area (Å²) in [6.07, 6.45) is 0. The second-order valence-electron chi connectivity index (χ2n) is 5.56. The zero-order valence-electron chi connectivity index (χ0n) is 14.6. The maximum atomic E-state index is 12.6. The first kappa shape index (κ1) is 19.7. The van der Waals surface area contributed by atoms with Gasteiger partial charge in [-0.2, -0.15) is 8.42 Å². The van der Waals surface area contributed by atoms with Gasteiger partial charge >= 0.3 is 5.97 Å². The topological polar surface area (TPSA) is 121 Å². The Bertz CT molecular complexity index is 1210. The van der Waals surface area contributed by atoms with Crippen LogP contribution in [0.2, 0.25) is 0 Å². The first-order chi connectivity index (χ1) is 13.3. The van der Waals surface area contributed by atoms with Crippen LogP contribution in [0.3, 0.4) is 0 Å². The van der Waals surface area contributed by atoms with E-state index in [1.54, 1.807) is 25.1 Å². The van der Waals surface area contributed by atoms with Gasteiger partial charge in [0.1, 0.15) is 6.54 Å². The second kappa shape index (κ2) is 7.90. The lowest BCUT2D eigenvalue weighted by atomic mass is 10.3. The van der Waals surface area contributed by atoms with Crippen LogP contribution in [0.1, 0.15) is 6.92 Å². The van der Waals surface area contributed by atoms with Gasteiger partial charge in [0.25, 0.3) is 15.7 Å². The standard InChI is InChI=1S/C17H15N3O6S2/c1-2-26-16(21)11-19-14-9-8-12(20(22)23)10-15(14)27-17(19)18-28(24,25)13-6-4-3-5-7-13/h3-10H,2,11H2,1H3. The van der Waals surface area contributed by atoms with Crippen LogP contribution in [0, 0.1) is 10.1 Å². The molecule has 28 heavy (non-hydrogen) atoms. The van der Waals surface area contributed by atoms with Crippen LogP contribution in [-0.4, -0.2) is 30.5 Å². The molecule has 0 fully saturated rings. The number of nitro groups is 1. The number of thiazole rings is 1. The summed E-state index contributed by atoms with van der Waals surface area (Å²) in [5.74, 6) is -0.570. The number of nitrogens with zero attached hydrogens (tertiary/aromatic N) is 3. The molecule has 2 aromatic carbocycles. The molecule has 0 saturated carbocycles. The Balaban J connectivity index is 2.22. The molecular weight excluding hydrogens is 406 g/mol. The minimum Gasteiger partial charge on any atom is -0.465 e. The molecule has 0 spiro atoms. The smallest absolute Gasteiger partial charge is 0.326 e. The molecule has 3 rings (SSSR count). The third-order valence-electron chi connectivity index (χ3n) is 3.71. The molecule has 0 saturated heterocycles. The van der Waals surface area contributed by atoms with Gasteiger partial charge in [0.05, 0.1) is 26.6 Å². The van der Waals surface area contributed by atoms with E-state index in [4.69, 9.17) is 4.74 Å². The summed E-state index contributed by atoms with van der Waals surface area (Å²) < 4.78 is 35.9. The van der Waals surface area contributed by atoms with Gasteiger partial charge in [-0.25, -0.2) is 0 Å². The highest BCUT2D eigenvalue weighted by atomic mass is 32.2. The van der Waals surface area contributed by atoms with E-state index in [1.165, 1.54) is 34.9 Å². The number of sulfonamides is 1. The van der Waals surface area contributed by atoms with Gasteiger partial charge < -0.3 is 9.30 Å². The maximum Gasteiger partial charge on any atom is 0.326 e. The third kappa shape index (κ3) is 4.10. The summed E-state index contributed by atoms with van der Waals surface area (Å²) in [4.78, 5) is 22.5. The average Bonchev–Trinajstić information content (AvgIpc) is 2.98. The summed E-state index contributed by atoms with van der Waals surface area (Å²) in [7, 11) is -4.03. The Labute approximate surface area is 163 Å². The Kier molecular flexibility index (Phi) is 5.56. The number of ether oxygens (including phenoxy) is 1. The molecular formula is C17H15N3O6S2. The predicted molar refractivity (Wildman–Crippen MR) is 102 cm³/mol. The van der Waals surface area contributed by atoms with Crippen LogP contribution in [0.25, 0.3) is 10.2 Å². The molecule has 146 valence electrons. The highest BCUT2D eigenvalue weighted by Crippen LogP contribution is 2.24. The van der Waals surface area contributed by atoms with E-state index < -0.39 is 20.9 Å². The maximum absolute atomic E-state index is 12.6. The Hall–Kier alpha value is -3.05. The van der Waals surface area contributed by atoms with Crippen molar-refractivity contribution >= 4 is 43.2 Å². The van der Waals surface area contributed by atoms with Gasteiger partial charge in [-0.3, -0.25) is 14.9 Å². The van der Waals surface area contributed by atoms with E-state index in [9.17, 15) is 23.3 Å². The van der Waals surface area contributed by atoms with Crippen molar-refractivity contribution in [1.82, 2.24) is 4.57 Å². The number of benzene rings is 2. The average molecular weight is 421 g/mol. The summed E-state index contributed by atoms with van der Waals surface area (Å²) in [5.41, 5.74) is 0.306. The number of hydrogen-bond donors (Lipinski definition) is 0. The van der Waals surface area contributed by atoms with Gasteiger partial charge in [0.15, 0.2) is 0 Å². The van der Waals surface area contributed by atoms with Gasteiger partial charge in [-0.15, -0.1) is 4.40 Å². The number of fused-ring (bicyclic) bond motifs is 1. The fraction of sp³-hybridized carbons (Fsp3) is 0.176. The van der Waals surface area contributed by atoms with E-state index in [-0.39, 0.29) is 28.5 Å². The largest absolute Gasteiger partial charge is 0.465 e. The fourth-order valence-electron chi connectivity index (χ4n) is 2.48. The lowest BCUT2D eigenvalue weighted by molar-refractivity contribution is -0.384. The zero-order valence-corrected chi connectivity index (χ0v) is 16.3. The molecule has 0 aliphatic rings. The number of carbonyl (C=O) groups excluding carboxylic acids is 1. The molecule has 0 atom stereocenters. The Morgan fingerprint density at radius 2 is 1.96 bits per heavy atom. The lowest BCUT2D eigenvalue weighted by Gasteiger charge is -2.05. The van der Waals surface area contributed by atoms with Crippen LogP contribution in [-0.2, 0) is 26.1 Å². The van der Waals surface area contributed by atoms with Crippen LogP contribution in [0.5, 0.6) is 0 Å². The molecule has 1 heterocycles. The minimum atomic E-state index is -4.03. The van der Waals surface area contributed by atoms with E-state index in [0.29, 0.717) is 10.2 Å². The van der Waals surface area contributed by atoms with Crippen molar-refractivity contribution in [3.05, 3.63) is 63.4 Å². The highest BCUT2D eigenvalue weighted by Gasteiger charge is 2.18. The predicted octanol–water partition coefficient (Wildman–Crippen LogP) is 2.46. The number of nitro benzene ring substituents is 1. The van der Waals surface area contributed by atoms with E-state index in [1.807, 2.05) is 0 Å². The first-order valence-electron chi connectivity index (χ1n) is 8.11. The number of hydrogen-bond acceptors (Lipinski definition) is 7. The zero-order chi connectivity index (χ0) is 20.3. The van der Waals surface area contributed by atoms with Gasteiger partial charge in [0, 0.05) is 12.1 Å². The van der Waals surface area contributed by atoms with E-state index in [0.717, 1.165) is 11.3 Å². The molecule has 3 aromatic rings. The molecule has 9 nitrogen and oxygen atoms in total. The van der Waals surface area contributed by atoms with Crippen molar-refractivity contribution in [2.75, 3.05) is 6.61 Å². The van der Waals surface area contributed by atoms with Gasteiger partial charge in [-0.05, 0) is 25.1 Å². The number of rotatable bonds is 6. The van der Waals surface area contributed by atoms with E-state index in [2.05, 4.69) is 4.40 Å². The molecule has 0 aliphatic carbocycles. The van der Waals surface area contributed by atoms with Crippen LogP contribution in [0.4, 0.5) is 5.69 Å². The van der Waals surface area contributed by atoms with Gasteiger partial charge in [-0.1, -0.05) is 29.5 Å². The van der Waals surface area contributed by atoms with Crippen LogP contribution < -0.4 is 4.80 Å². The third-order valence-corrected chi connectivity index (χ3v) is 6.15. The van der Waals surface area contributed by atoms with Crippen molar-refractivity contribution in [3.63, 3.8) is 0 Å². The summed E-state index contributed by atoms with van der Waals surface area (Å²) in [5, 5.41) is 11.0. The summed E-state index contributed by atoms with van der Waals surface area (Å²) in [6, 6.07) is 11.7. The Morgan fingerprint density at radius 1 is 1.25 bits per heavy atom. The lowest BCUT2D eigenvalue weighted by Crippen LogP contribution is -2.23. The molecule has 11 heteroatoms. The molecule has 0 N–H and O–H groups in total. The number of non-ortho nitro benzene ring substituents is 1. The van der Waals surface area contributed by atoms with Crippen molar-refractivity contribution in [2.45, 2.75) is 18.4 Å². The summed E-state index contributed by atoms with van der Waals surface area (Å²) in [6.45, 7) is 1.55. The molecule has 0 unspecified atom stereocenters. The first-order valence-corrected chi connectivity index (χ1v) is 10.4. The normalized spacial score (nSPS) is 12.2. The quantitative estimate of drug-likeness (QED) is 0.342. The SMILES string of the molecule is CCOC(=O)Cn1c(=NS(=O)(=O)c2ccccc2)sc2cc([N+](=O)[O-])ccc21. The number of aromatic nitrogens is 1. The van der Waals surface area contributed by atoms with Crippen molar-refractivity contribution in [1.29, 1.82) is 0 Å². The monoisotopic (exact) mass is 421 g/mol. The summed E-state index contributed by atoms with van der Waals surface area (Å²) >= 11 is 0.942. The second-order valence-corrected chi connectivity index (χ2v) is 8.18. The van der Waals surface area contributed by atoms with Crippen molar-refractivity contribution in [2.24, 2.45) is 4.40 Å². The molecule has 1 aromatic heterocycles. The van der Waals surface area contributed by atoms with Crippen molar-refractivity contribution in [3.8, 4) is 0 Å². The minimum absolute atomic E-state index is 0.00104. The van der Waals surface area contributed by atoms with E-state index >= 15 is 0 Å². The highest BCUT2D eigenvalue weighted by molar-refractivity contribution is 7.90.